The van der Waals surface area contributed by atoms with Gasteiger partial charge in [0.05, 0.1) is 0 Å². The molecule has 0 aliphatic heterocycles. The van der Waals surface area contributed by atoms with Gasteiger partial charge in [-0.3, -0.25) is 4.79 Å². The summed E-state index contributed by atoms with van der Waals surface area (Å²) in [6.07, 6.45) is 0. The van der Waals surface area contributed by atoms with Gasteiger partial charge in [0.25, 0.3) is 0 Å². The Morgan fingerprint density at radius 3 is 2.57 bits per heavy atom. The zero-order chi connectivity index (χ0) is 10.6. The summed E-state index contributed by atoms with van der Waals surface area (Å²) in [6.45, 7) is 6.00. The Balaban J connectivity index is 2.56. The minimum Gasteiger partial charge on any atom is -0.356 e. The summed E-state index contributed by atoms with van der Waals surface area (Å²) in [5.74, 6) is 0.0313. The first-order chi connectivity index (χ1) is 6.59. The summed E-state index contributed by atoms with van der Waals surface area (Å²) in [7, 11) is 0. The Hall–Kier alpha value is -1.02. The average molecular weight is 211 g/mol. The maximum absolute atomic E-state index is 10.7. The Kier molecular flexibility index (Phi) is 3.96. The minimum absolute atomic E-state index is 0.0346. The topological polar surface area (TPSA) is 29.1 Å². The van der Waals surface area contributed by atoms with Gasteiger partial charge in [0.2, 0.25) is 5.91 Å². The number of amides is 1. The van der Waals surface area contributed by atoms with Gasteiger partial charge < -0.3 is 5.32 Å². The highest BCUT2D eigenvalue weighted by Gasteiger charge is 2.05. The highest BCUT2D eigenvalue weighted by Crippen LogP contribution is 2.16. The summed E-state index contributed by atoms with van der Waals surface area (Å²) in [4.78, 5) is 10.7. The summed E-state index contributed by atoms with van der Waals surface area (Å²) in [5.41, 5.74) is 1.07. The van der Waals surface area contributed by atoms with Gasteiger partial charge in [-0.25, -0.2) is 0 Å². The normalized spacial score (nSPS) is 12.2. The molecule has 0 aliphatic rings. The number of nitrogens with one attached hydrogen (secondary N) is 1. The number of carbonyl (C=O) groups is 1. The molecule has 1 unspecified atom stereocenters. The minimum atomic E-state index is -0.0346. The van der Waals surface area contributed by atoms with Crippen LogP contribution in [0.25, 0.3) is 0 Å². The van der Waals surface area contributed by atoms with E-state index in [9.17, 15) is 4.79 Å². The molecule has 2 nitrogen and oxygen atoms in total. The van der Waals surface area contributed by atoms with E-state index in [1.807, 2.05) is 24.3 Å². The van der Waals surface area contributed by atoms with Crippen molar-refractivity contribution in [3.63, 3.8) is 0 Å². The van der Waals surface area contributed by atoms with Gasteiger partial charge in [0, 0.05) is 24.4 Å². The predicted octanol–water partition coefficient (Wildman–Crippen LogP) is 2.39. The molecule has 0 fully saturated rings. The number of carbonyl (C=O) groups excluding carboxylic acids is 1. The molecule has 1 amide bonds. The molecule has 14 heavy (non-hydrogen) atoms. The van der Waals surface area contributed by atoms with Crippen LogP contribution in [-0.2, 0) is 4.79 Å². The molecule has 0 saturated heterocycles. The van der Waals surface area contributed by atoms with Crippen LogP contribution < -0.4 is 5.32 Å². The third-order valence-corrected chi connectivity index (χ3v) is 2.19. The van der Waals surface area contributed by atoms with Crippen molar-refractivity contribution in [2.45, 2.75) is 12.8 Å². The van der Waals surface area contributed by atoms with Crippen LogP contribution in [-0.4, -0.2) is 12.5 Å². The van der Waals surface area contributed by atoms with E-state index in [0.29, 0.717) is 11.6 Å². The molecule has 0 saturated carbocycles. The van der Waals surface area contributed by atoms with Crippen LogP contribution in [0.5, 0.6) is 0 Å². The Morgan fingerprint density at radius 2 is 2.07 bits per heavy atom. The molecule has 0 bridgehead atoms. The molecule has 1 aromatic carbocycles. The second-order valence-electron chi connectivity index (χ2n) is 3.19. The van der Waals surface area contributed by atoms with Gasteiger partial charge in [-0.05, 0) is 24.6 Å². The van der Waals surface area contributed by atoms with Crippen LogP contribution in [0, 0.1) is 6.92 Å². The van der Waals surface area contributed by atoms with Crippen LogP contribution in [0.15, 0.2) is 24.3 Å². The van der Waals surface area contributed by atoms with Crippen molar-refractivity contribution in [2.75, 3.05) is 6.54 Å². The van der Waals surface area contributed by atoms with Gasteiger partial charge in [-0.15, -0.1) is 0 Å². The number of halogens is 1. The van der Waals surface area contributed by atoms with E-state index in [1.165, 1.54) is 6.92 Å². The third kappa shape index (κ3) is 3.38. The van der Waals surface area contributed by atoms with E-state index in [0.717, 1.165) is 5.56 Å². The standard InChI is InChI=1S/C11H13ClNO/c1-8(7-13-9(2)14)10-3-5-11(12)6-4-10/h3-6,8H,1,7H2,2H3,(H,13,14). The van der Waals surface area contributed by atoms with Gasteiger partial charge >= 0.3 is 0 Å². The fraction of sp³-hybridized carbons (Fsp3) is 0.273. The summed E-state index contributed by atoms with van der Waals surface area (Å²) in [6, 6.07) is 7.48. The molecule has 1 radical (unpaired) electrons. The van der Waals surface area contributed by atoms with Crippen molar-refractivity contribution >= 4 is 17.5 Å². The number of rotatable bonds is 3. The fourth-order valence-corrected chi connectivity index (χ4v) is 1.25. The smallest absolute Gasteiger partial charge is 0.216 e. The monoisotopic (exact) mass is 210 g/mol. The van der Waals surface area contributed by atoms with E-state index in [1.54, 1.807) is 0 Å². The first-order valence-corrected chi connectivity index (χ1v) is 4.80. The summed E-state index contributed by atoms with van der Waals surface area (Å²) >= 11 is 5.75. The Morgan fingerprint density at radius 1 is 1.50 bits per heavy atom. The molecule has 1 rings (SSSR count). The lowest BCUT2D eigenvalue weighted by Crippen LogP contribution is -2.24. The molecule has 75 valence electrons. The second kappa shape index (κ2) is 5.01. The van der Waals surface area contributed by atoms with E-state index in [4.69, 9.17) is 11.6 Å². The van der Waals surface area contributed by atoms with Crippen molar-refractivity contribution in [3.05, 3.63) is 41.8 Å². The van der Waals surface area contributed by atoms with Crippen molar-refractivity contribution < 1.29 is 4.79 Å². The highest BCUT2D eigenvalue weighted by atomic mass is 35.5. The molecule has 3 heteroatoms. The number of hydrogen-bond acceptors (Lipinski definition) is 1. The number of benzene rings is 1. The van der Waals surface area contributed by atoms with Crippen molar-refractivity contribution in [1.29, 1.82) is 0 Å². The Bertz CT molecular complexity index is 308. The predicted molar refractivity (Wildman–Crippen MR) is 58.2 cm³/mol. The zero-order valence-corrected chi connectivity index (χ0v) is 8.84. The third-order valence-electron chi connectivity index (χ3n) is 1.94. The maximum atomic E-state index is 10.7. The number of hydrogen-bond donors (Lipinski definition) is 1. The Labute approximate surface area is 89.3 Å². The molecule has 1 aromatic rings. The first kappa shape index (κ1) is 11.1. The van der Waals surface area contributed by atoms with E-state index in [2.05, 4.69) is 12.2 Å². The largest absolute Gasteiger partial charge is 0.356 e. The van der Waals surface area contributed by atoms with Gasteiger partial charge in [-0.1, -0.05) is 23.7 Å². The zero-order valence-electron chi connectivity index (χ0n) is 8.09. The van der Waals surface area contributed by atoms with Crippen LogP contribution in [0.2, 0.25) is 5.02 Å². The van der Waals surface area contributed by atoms with Crippen molar-refractivity contribution in [1.82, 2.24) is 5.32 Å². The highest BCUT2D eigenvalue weighted by molar-refractivity contribution is 6.30. The lowest BCUT2D eigenvalue weighted by atomic mass is 10.0. The van der Waals surface area contributed by atoms with Crippen LogP contribution in [0.4, 0.5) is 0 Å². The molecule has 0 aliphatic carbocycles. The lowest BCUT2D eigenvalue weighted by molar-refractivity contribution is -0.118. The van der Waals surface area contributed by atoms with Crippen LogP contribution in [0.3, 0.4) is 0 Å². The van der Waals surface area contributed by atoms with Crippen molar-refractivity contribution in [3.8, 4) is 0 Å². The van der Waals surface area contributed by atoms with Crippen molar-refractivity contribution in [2.24, 2.45) is 0 Å². The molecule has 0 heterocycles. The van der Waals surface area contributed by atoms with Gasteiger partial charge in [0.1, 0.15) is 0 Å². The quantitative estimate of drug-likeness (QED) is 0.816. The maximum Gasteiger partial charge on any atom is 0.216 e. The van der Waals surface area contributed by atoms with E-state index >= 15 is 0 Å². The van der Waals surface area contributed by atoms with E-state index in [-0.39, 0.29) is 11.8 Å². The molecular weight excluding hydrogens is 198 g/mol. The first-order valence-electron chi connectivity index (χ1n) is 4.42. The second-order valence-corrected chi connectivity index (χ2v) is 3.62. The fourth-order valence-electron chi connectivity index (χ4n) is 1.12. The lowest BCUT2D eigenvalue weighted by Gasteiger charge is -2.11. The van der Waals surface area contributed by atoms with Crippen LogP contribution >= 0.6 is 11.6 Å². The van der Waals surface area contributed by atoms with E-state index < -0.39 is 0 Å². The van der Waals surface area contributed by atoms with Gasteiger partial charge in [-0.2, -0.15) is 0 Å². The summed E-state index contributed by atoms with van der Waals surface area (Å²) in [5, 5.41) is 3.43. The van der Waals surface area contributed by atoms with Crippen LogP contribution in [0.1, 0.15) is 18.4 Å². The molecular formula is C11H13ClNO. The molecule has 0 aromatic heterocycles. The average Bonchev–Trinajstić information content (AvgIpc) is 2.15. The SMILES string of the molecule is [CH2]C(CNC(C)=O)c1ccc(Cl)cc1. The molecule has 1 N–H and O–H groups in total. The van der Waals surface area contributed by atoms with Gasteiger partial charge in [0.15, 0.2) is 0 Å². The molecule has 0 spiro atoms. The molecule has 1 atom stereocenters. The summed E-state index contributed by atoms with van der Waals surface area (Å²) < 4.78 is 0.